The SMILES string of the molecule is O=C(Nc1cc(-c2cncc(Cl)n2)c(Cl)cn1)[C@@H]1CCCN(C(=O)O)C1. The molecule has 0 spiro atoms. The fraction of sp³-hybridized carbons (Fsp3) is 0.312. The molecular formula is C16H15Cl2N5O3. The Morgan fingerprint density at radius 1 is 1.27 bits per heavy atom. The fourth-order valence-corrected chi connectivity index (χ4v) is 3.12. The number of hydrogen-bond acceptors (Lipinski definition) is 5. The number of nitrogens with zero attached hydrogens (tertiary/aromatic N) is 4. The molecule has 1 atom stereocenters. The highest BCUT2D eigenvalue weighted by atomic mass is 35.5. The Morgan fingerprint density at radius 2 is 2.08 bits per heavy atom. The van der Waals surface area contributed by atoms with E-state index < -0.39 is 12.0 Å². The zero-order valence-corrected chi connectivity index (χ0v) is 15.0. The number of piperidine rings is 1. The molecule has 1 saturated heterocycles. The molecule has 0 saturated carbocycles. The van der Waals surface area contributed by atoms with Crippen molar-refractivity contribution in [2.75, 3.05) is 18.4 Å². The average Bonchev–Trinajstić information content (AvgIpc) is 2.63. The van der Waals surface area contributed by atoms with Gasteiger partial charge in [-0.05, 0) is 18.9 Å². The number of carbonyl (C=O) groups excluding carboxylic acids is 1. The number of halogens is 2. The third-order valence-corrected chi connectivity index (χ3v) is 4.53. The molecule has 0 aliphatic carbocycles. The van der Waals surface area contributed by atoms with Crippen LogP contribution in [-0.2, 0) is 4.79 Å². The number of rotatable bonds is 3. The summed E-state index contributed by atoms with van der Waals surface area (Å²) >= 11 is 12.0. The maximum atomic E-state index is 12.5. The molecule has 26 heavy (non-hydrogen) atoms. The third kappa shape index (κ3) is 4.20. The Morgan fingerprint density at radius 3 is 2.81 bits per heavy atom. The molecule has 0 bridgehead atoms. The van der Waals surface area contributed by atoms with Gasteiger partial charge in [0.25, 0.3) is 0 Å². The summed E-state index contributed by atoms with van der Waals surface area (Å²) in [6.45, 7) is 0.608. The van der Waals surface area contributed by atoms with Crippen molar-refractivity contribution >= 4 is 41.0 Å². The van der Waals surface area contributed by atoms with Crippen molar-refractivity contribution in [3.8, 4) is 11.3 Å². The zero-order valence-electron chi connectivity index (χ0n) is 13.5. The lowest BCUT2D eigenvalue weighted by atomic mass is 9.97. The lowest BCUT2D eigenvalue weighted by molar-refractivity contribution is -0.121. The normalized spacial score (nSPS) is 17.0. The van der Waals surface area contributed by atoms with Gasteiger partial charge in [0.15, 0.2) is 0 Å². The van der Waals surface area contributed by atoms with Crippen LogP contribution in [0.15, 0.2) is 24.7 Å². The monoisotopic (exact) mass is 395 g/mol. The minimum Gasteiger partial charge on any atom is -0.465 e. The minimum absolute atomic E-state index is 0.168. The summed E-state index contributed by atoms with van der Waals surface area (Å²) in [6.07, 6.45) is 4.55. The first-order chi connectivity index (χ1) is 12.4. The van der Waals surface area contributed by atoms with Gasteiger partial charge in [-0.2, -0.15) is 0 Å². The van der Waals surface area contributed by atoms with E-state index in [9.17, 15) is 9.59 Å². The molecule has 136 valence electrons. The maximum Gasteiger partial charge on any atom is 0.407 e. The lowest BCUT2D eigenvalue weighted by Gasteiger charge is -2.29. The minimum atomic E-state index is -1.02. The van der Waals surface area contributed by atoms with Crippen molar-refractivity contribution in [2.45, 2.75) is 12.8 Å². The summed E-state index contributed by atoms with van der Waals surface area (Å²) < 4.78 is 0. The number of carbonyl (C=O) groups is 2. The molecule has 1 fully saturated rings. The Balaban J connectivity index is 1.77. The van der Waals surface area contributed by atoms with E-state index in [-0.39, 0.29) is 17.6 Å². The van der Waals surface area contributed by atoms with E-state index in [2.05, 4.69) is 20.3 Å². The van der Waals surface area contributed by atoms with Crippen LogP contribution in [0.4, 0.5) is 10.6 Å². The van der Waals surface area contributed by atoms with Crippen LogP contribution in [0.25, 0.3) is 11.3 Å². The van der Waals surface area contributed by atoms with E-state index in [0.717, 1.165) is 0 Å². The van der Waals surface area contributed by atoms with Crippen LogP contribution in [0.1, 0.15) is 12.8 Å². The first-order valence-electron chi connectivity index (χ1n) is 7.86. The van der Waals surface area contributed by atoms with Crippen LogP contribution in [-0.4, -0.2) is 50.0 Å². The number of aromatic nitrogens is 3. The first-order valence-corrected chi connectivity index (χ1v) is 8.62. The van der Waals surface area contributed by atoms with E-state index in [1.165, 1.54) is 23.5 Å². The number of likely N-dealkylation sites (tertiary alicyclic amines) is 1. The highest BCUT2D eigenvalue weighted by Crippen LogP contribution is 2.28. The topological polar surface area (TPSA) is 108 Å². The molecule has 0 radical (unpaired) electrons. The second-order valence-electron chi connectivity index (χ2n) is 5.83. The van der Waals surface area contributed by atoms with Crippen molar-refractivity contribution in [1.29, 1.82) is 0 Å². The smallest absolute Gasteiger partial charge is 0.407 e. The van der Waals surface area contributed by atoms with Gasteiger partial charge in [-0.25, -0.2) is 14.8 Å². The lowest BCUT2D eigenvalue weighted by Crippen LogP contribution is -2.43. The molecule has 2 N–H and O–H groups in total. The number of pyridine rings is 1. The standard InChI is InChI=1S/C16H15Cl2N5O3/c17-11-5-20-14(4-10(11)12-6-19-7-13(18)21-12)22-15(24)9-2-1-3-23(8-9)16(25)26/h4-7,9H,1-3,8H2,(H,25,26)(H,20,22,24)/t9-/m1/s1. The van der Waals surface area contributed by atoms with Gasteiger partial charge in [0.2, 0.25) is 5.91 Å². The van der Waals surface area contributed by atoms with Gasteiger partial charge in [-0.15, -0.1) is 0 Å². The highest BCUT2D eigenvalue weighted by Gasteiger charge is 2.28. The van der Waals surface area contributed by atoms with Gasteiger partial charge >= 0.3 is 6.09 Å². The molecule has 3 heterocycles. The molecule has 2 amide bonds. The predicted octanol–water partition coefficient (Wildman–Crippen LogP) is 3.17. The van der Waals surface area contributed by atoms with Gasteiger partial charge in [0.05, 0.1) is 29.0 Å². The number of anilines is 1. The molecule has 2 aromatic rings. The van der Waals surface area contributed by atoms with E-state index in [1.54, 1.807) is 6.07 Å². The fourth-order valence-electron chi connectivity index (χ4n) is 2.77. The van der Waals surface area contributed by atoms with Crippen LogP contribution in [0.3, 0.4) is 0 Å². The Kier molecular flexibility index (Phi) is 5.53. The highest BCUT2D eigenvalue weighted by molar-refractivity contribution is 6.33. The van der Waals surface area contributed by atoms with Crippen LogP contribution in [0, 0.1) is 5.92 Å². The molecular weight excluding hydrogens is 381 g/mol. The van der Waals surface area contributed by atoms with Crippen LogP contribution in [0.5, 0.6) is 0 Å². The second kappa shape index (κ2) is 7.84. The molecule has 1 aliphatic heterocycles. The zero-order chi connectivity index (χ0) is 18.7. The molecule has 1 aliphatic rings. The molecule has 3 rings (SSSR count). The van der Waals surface area contributed by atoms with E-state index >= 15 is 0 Å². The van der Waals surface area contributed by atoms with E-state index in [4.69, 9.17) is 28.3 Å². The number of hydrogen-bond donors (Lipinski definition) is 2. The summed E-state index contributed by atoms with van der Waals surface area (Å²) in [7, 11) is 0. The summed E-state index contributed by atoms with van der Waals surface area (Å²) in [6, 6.07) is 1.58. The average molecular weight is 396 g/mol. The summed E-state index contributed by atoms with van der Waals surface area (Å²) in [5, 5.41) is 12.4. The van der Waals surface area contributed by atoms with Crippen LogP contribution >= 0.6 is 23.2 Å². The van der Waals surface area contributed by atoms with Crippen molar-refractivity contribution in [1.82, 2.24) is 19.9 Å². The predicted molar refractivity (Wildman–Crippen MR) is 96.2 cm³/mol. The largest absolute Gasteiger partial charge is 0.465 e. The number of nitrogens with one attached hydrogen (secondary N) is 1. The molecule has 10 heteroatoms. The third-order valence-electron chi connectivity index (χ3n) is 4.05. The van der Waals surface area contributed by atoms with Crippen LogP contribution in [0.2, 0.25) is 10.2 Å². The van der Waals surface area contributed by atoms with Gasteiger partial charge < -0.3 is 15.3 Å². The molecule has 2 aromatic heterocycles. The first kappa shape index (κ1) is 18.3. The van der Waals surface area contributed by atoms with Gasteiger partial charge in [0.1, 0.15) is 11.0 Å². The van der Waals surface area contributed by atoms with Crippen molar-refractivity contribution < 1.29 is 14.7 Å². The summed E-state index contributed by atoms with van der Waals surface area (Å²) in [5.74, 6) is -0.413. The number of amides is 2. The quantitative estimate of drug-likeness (QED) is 0.825. The molecule has 8 nitrogen and oxygen atoms in total. The maximum absolute atomic E-state index is 12.5. The number of carboxylic acid groups (broad SMARTS) is 1. The van der Waals surface area contributed by atoms with Crippen molar-refractivity contribution in [3.05, 3.63) is 34.8 Å². The molecule has 0 aromatic carbocycles. The Bertz CT molecular complexity index is 848. The Labute approximate surface area is 159 Å². The van der Waals surface area contributed by atoms with Crippen molar-refractivity contribution in [3.63, 3.8) is 0 Å². The van der Waals surface area contributed by atoms with E-state index in [1.807, 2.05) is 0 Å². The second-order valence-corrected chi connectivity index (χ2v) is 6.63. The van der Waals surface area contributed by atoms with E-state index in [0.29, 0.717) is 41.5 Å². The van der Waals surface area contributed by atoms with Gasteiger partial charge in [-0.1, -0.05) is 23.2 Å². The summed E-state index contributed by atoms with van der Waals surface area (Å²) in [4.78, 5) is 37.0. The van der Waals surface area contributed by atoms with Crippen molar-refractivity contribution in [2.24, 2.45) is 5.92 Å². The summed E-state index contributed by atoms with van der Waals surface area (Å²) in [5.41, 5.74) is 0.984. The van der Waals surface area contributed by atoms with Gasteiger partial charge in [-0.3, -0.25) is 9.78 Å². The van der Waals surface area contributed by atoms with Gasteiger partial charge in [0, 0.05) is 24.8 Å². The van der Waals surface area contributed by atoms with Crippen LogP contribution < -0.4 is 5.32 Å². The Hall–Kier alpha value is -2.45. The molecule has 0 unspecified atom stereocenters.